The van der Waals surface area contributed by atoms with Gasteiger partial charge in [0.15, 0.2) is 0 Å². The van der Waals surface area contributed by atoms with E-state index in [-0.39, 0.29) is 17.7 Å². The van der Waals surface area contributed by atoms with E-state index in [0.717, 1.165) is 11.1 Å². The minimum atomic E-state index is -0.272. The maximum absolute atomic E-state index is 12.6. The molecule has 1 aliphatic rings. The first-order chi connectivity index (χ1) is 9.93. The molecule has 21 heavy (non-hydrogen) atoms. The summed E-state index contributed by atoms with van der Waals surface area (Å²) in [6, 6.07) is 3.76. The summed E-state index contributed by atoms with van der Waals surface area (Å²) < 4.78 is 5.33. The number of ether oxygens (including phenoxy) is 1. The second-order valence-electron chi connectivity index (χ2n) is 5.61. The molecule has 1 heterocycles. The van der Waals surface area contributed by atoms with Gasteiger partial charge in [-0.2, -0.15) is 0 Å². The second-order valence-corrected chi connectivity index (χ2v) is 5.61. The van der Waals surface area contributed by atoms with E-state index in [1.807, 2.05) is 26.0 Å². The number of piperidine rings is 1. The molecular formula is C16H22N2O3. The molecule has 0 atom stereocenters. The zero-order valence-electron chi connectivity index (χ0n) is 12.8. The Morgan fingerprint density at radius 2 is 1.76 bits per heavy atom. The summed E-state index contributed by atoms with van der Waals surface area (Å²) >= 11 is 0. The SMILES string of the molecule is COc1cc(C)c(C)cc1C(=O)N1CCC(C(N)=O)CC1. The van der Waals surface area contributed by atoms with Gasteiger partial charge in [0, 0.05) is 19.0 Å². The van der Waals surface area contributed by atoms with Gasteiger partial charge in [-0.15, -0.1) is 0 Å². The third-order valence-corrected chi connectivity index (χ3v) is 4.23. The number of nitrogens with zero attached hydrogens (tertiary/aromatic N) is 1. The van der Waals surface area contributed by atoms with Gasteiger partial charge in [0.05, 0.1) is 12.7 Å². The number of likely N-dealkylation sites (tertiary alicyclic amines) is 1. The highest BCUT2D eigenvalue weighted by atomic mass is 16.5. The van der Waals surface area contributed by atoms with E-state index >= 15 is 0 Å². The fraction of sp³-hybridized carbons (Fsp3) is 0.500. The average Bonchev–Trinajstić information content (AvgIpc) is 2.49. The number of hydrogen-bond donors (Lipinski definition) is 1. The summed E-state index contributed by atoms with van der Waals surface area (Å²) in [5, 5.41) is 0. The van der Waals surface area contributed by atoms with Crippen molar-refractivity contribution in [3.05, 3.63) is 28.8 Å². The van der Waals surface area contributed by atoms with Crippen LogP contribution in [0.25, 0.3) is 0 Å². The smallest absolute Gasteiger partial charge is 0.257 e. The minimum absolute atomic E-state index is 0.0436. The number of hydrogen-bond acceptors (Lipinski definition) is 3. The molecule has 2 rings (SSSR count). The molecule has 1 fully saturated rings. The zero-order valence-corrected chi connectivity index (χ0v) is 12.8. The number of aryl methyl sites for hydroxylation is 2. The number of carbonyl (C=O) groups is 2. The highest BCUT2D eigenvalue weighted by molar-refractivity contribution is 5.97. The van der Waals surface area contributed by atoms with Crippen LogP contribution < -0.4 is 10.5 Å². The van der Waals surface area contributed by atoms with E-state index in [1.54, 1.807) is 12.0 Å². The molecule has 5 nitrogen and oxygen atoms in total. The second kappa shape index (κ2) is 6.16. The summed E-state index contributed by atoms with van der Waals surface area (Å²) in [6.07, 6.45) is 1.27. The van der Waals surface area contributed by atoms with E-state index in [2.05, 4.69) is 0 Å². The summed E-state index contributed by atoms with van der Waals surface area (Å²) in [7, 11) is 1.57. The Labute approximate surface area is 125 Å². The molecular weight excluding hydrogens is 268 g/mol. The number of rotatable bonds is 3. The predicted octanol–water partition coefficient (Wildman–Crippen LogP) is 1.65. The molecule has 0 bridgehead atoms. The number of amides is 2. The molecule has 0 aromatic heterocycles. The monoisotopic (exact) mass is 290 g/mol. The highest BCUT2D eigenvalue weighted by Crippen LogP contribution is 2.26. The average molecular weight is 290 g/mol. The van der Waals surface area contributed by atoms with Crippen LogP contribution in [0.3, 0.4) is 0 Å². The quantitative estimate of drug-likeness (QED) is 0.920. The van der Waals surface area contributed by atoms with Crippen molar-refractivity contribution in [2.24, 2.45) is 11.7 Å². The van der Waals surface area contributed by atoms with Gasteiger partial charge in [0.25, 0.3) is 5.91 Å². The molecule has 0 spiro atoms. The zero-order chi connectivity index (χ0) is 15.6. The molecule has 5 heteroatoms. The van der Waals surface area contributed by atoms with Crippen molar-refractivity contribution in [3.63, 3.8) is 0 Å². The topological polar surface area (TPSA) is 72.6 Å². The molecule has 0 saturated carbocycles. The molecule has 1 saturated heterocycles. The number of nitrogens with two attached hydrogens (primary N) is 1. The van der Waals surface area contributed by atoms with Crippen LogP contribution in [0.1, 0.15) is 34.3 Å². The molecule has 0 aliphatic carbocycles. The van der Waals surface area contributed by atoms with Crippen molar-refractivity contribution in [2.75, 3.05) is 20.2 Å². The van der Waals surface area contributed by atoms with E-state index in [0.29, 0.717) is 37.2 Å². The van der Waals surface area contributed by atoms with Gasteiger partial charge in [-0.05, 0) is 49.9 Å². The fourth-order valence-corrected chi connectivity index (χ4v) is 2.66. The number of primary amides is 1. The van der Waals surface area contributed by atoms with Crippen LogP contribution in [0.2, 0.25) is 0 Å². The molecule has 2 amide bonds. The van der Waals surface area contributed by atoms with Crippen molar-refractivity contribution in [3.8, 4) is 5.75 Å². The van der Waals surface area contributed by atoms with Crippen molar-refractivity contribution in [1.82, 2.24) is 4.90 Å². The lowest BCUT2D eigenvalue weighted by Gasteiger charge is -2.31. The maximum atomic E-state index is 12.6. The summed E-state index contributed by atoms with van der Waals surface area (Å²) in [5.41, 5.74) is 8.06. The minimum Gasteiger partial charge on any atom is -0.496 e. The van der Waals surface area contributed by atoms with Crippen molar-refractivity contribution in [2.45, 2.75) is 26.7 Å². The molecule has 114 valence electrons. The Kier molecular flexibility index (Phi) is 4.50. The summed E-state index contributed by atoms with van der Waals surface area (Å²) in [6.45, 7) is 5.08. The summed E-state index contributed by atoms with van der Waals surface area (Å²) in [5.74, 6) is 0.166. The normalized spacial score (nSPS) is 15.9. The van der Waals surface area contributed by atoms with Gasteiger partial charge in [-0.3, -0.25) is 9.59 Å². The third kappa shape index (κ3) is 3.17. The van der Waals surface area contributed by atoms with Gasteiger partial charge in [0.2, 0.25) is 5.91 Å². The van der Waals surface area contributed by atoms with Gasteiger partial charge >= 0.3 is 0 Å². The standard InChI is InChI=1S/C16H22N2O3/c1-10-8-13(14(21-3)9-11(10)2)16(20)18-6-4-12(5-7-18)15(17)19/h8-9,12H,4-7H2,1-3H3,(H2,17,19). The molecule has 0 radical (unpaired) electrons. The lowest BCUT2D eigenvalue weighted by atomic mass is 9.95. The Bertz CT molecular complexity index is 561. The first-order valence-electron chi connectivity index (χ1n) is 7.18. The van der Waals surface area contributed by atoms with Gasteiger partial charge < -0.3 is 15.4 Å². The van der Waals surface area contributed by atoms with E-state index in [1.165, 1.54) is 0 Å². The van der Waals surface area contributed by atoms with Crippen LogP contribution in [0, 0.1) is 19.8 Å². The first kappa shape index (κ1) is 15.4. The predicted molar refractivity (Wildman–Crippen MR) is 80.3 cm³/mol. The van der Waals surface area contributed by atoms with Gasteiger partial charge in [0.1, 0.15) is 5.75 Å². The van der Waals surface area contributed by atoms with Crippen molar-refractivity contribution in [1.29, 1.82) is 0 Å². The number of methoxy groups -OCH3 is 1. The number of carbonyl (C=O) groups excluding carboxylic acids is 2. The highest BCUT2D eigenvalue weighted by Gasteiger charge is 2.28. The Balaban J connectivity index is 2.18. The molecule has 0 unspecified atom stereocenters. The van der Waals surface area contributed by atoms with Crippen LogP contribution in [0.4, 0.5) is 0 Å². The van der Waals surface area contributed by atoms with Crippen LogP contribution in [-0.4, -0.2) is 36.9 Å². The van der Waals surface area contributed by atoms with E-state index in [9.17, 15) is 9.59 Å². The van der Waals surface area contributed by atoms with Crippen molar-refractivity contribution >= 4 is 11.8 Å². The third-order valence-electron chi connectivity index (χ3n) is 4.23. The summed E-state index contributed by atoms with van der Waals surface area (Å²) in [4.78, 5) is 25.6. The first-order valence-corrected chi connectivity index (χ1v) is 7.18. The molecule has 1 aromatic carbocycles. The Morgan fingerprint density at radius 3 is 2.29 bits per heavy atom. The van der Waals surface area contributed by atoms with Crippen LogP contribution >= 0.6 is 0 Å². The van der Waals surface area contributed by atoms with Gasteiger partial charge in [-0.1, -0.05) is 0 Å². The fourth-order valence-electron chi connectivity index (χ4n) is 2.66. The molecule has 2 N–H and O–H groups in total. The van der Waals surface area contributed by atoms with Crippen LogP contribution in [0.15, 0.2) is 12.1 Å². The van der Waals surface area contributed by atoms with Gasteiger partial charge in [-0.25, -0.2) is 0 Å². The number of benzene rings is 1. The largest absolute Gasteiger partial charge is 0.496 e. The van der Waals surface area contributed by atoms with Crippen LogP contribution in [0.5, 0.6) is 5.75 Å². The lowest BCUT2D eigenvalue weighted by molar-refractivity contribution is -0.123. The Morgan fingerprint density at radius 1 is 1.19 bits per heavy atom. The maximum Gasteiger partial charge on any atom is 0.257 e. The van der Waals surface area contributed by atoms with Crippen molar-refractivity contribution < 1.29 is 14.3 Å². The Hall–Kier alpha value is -2.04. The molecule has 1 aliphatic heterocycles. The van der Waals surface area contributed by atoms with E-state index in [4.69, 9.17) is 10.5 Å². The lowest BCUT2D eigenvalue weighted by Crippen LogP contribution is -2.41. The molecule has 1 aromatic rings. The van der Waals surface area contributed by atoms with Crippen LogP contribution in [-0.2, 0) is 4.79 Å². The van der Waals surface area contributed by atoms with E-state index < -0.39 is 0 Å².